The highest BCUT2D eigenvalue weighted by molar-refractivity contribution is 6.11. The van der Waals surface area contributed by atoms with Crippen LogP contribution in [0.2, 0.25) is 0 Å². The van der Waals surface area contributed by atoms with Gasteiger partial charge < -0.3 is 21.1 Å². The van der Waals surface area contributed by atoms with Crippen molar-refractivity contribution in [2.24, 2.45) is 5.73 Å². The van der Waals surface area contributed by atoms with Gasteiger partial charge in [0.05, 0.1) is 25.4 Å². The van der Waals surface area contributed by atoms with Gasteiger partial charge in [0.25, 0.3) is 0 Å². The minimum Gasteiger partial charge on any atom is -0.394 e. The predicted octanol–water partition coefficient (Wildman–Crippen LogP) is 3.88. The first-order valence-electron chi connectivity index (χ1n) is 12.5. The molecule has 3 aromatic carbocycles. The van der Waals surface area contributed by atoms with Gasteiger partial charge in [-0.1, -0.05) is 54.6 Å². The van der Waals surface area contributed by atoms with Crippen LogP contribution in [0, 0.1) is 0 Å². The average molecular weight is 508 g/mol. The lowest BCUT2D eigenvalue weighted by molar-refractivity contribution is 0.0943. The molecule has 192 valence electrons. The summed E-state index contributed by atoms with van der Waals surface area (Å²) in [7, 11) is 0. The third-order valence-corrected chi connectivity index (χ3v) is 6.64. The number of carbonyl (C=O) groups excluding carboxylic acids is 2. The molecule has 2 aromatic heterocycles. The van der Waals surface area contributed by atoms with Crippen LogP contribution in [0.15, 0.2) is 91.4 Å². The minimum absolute atomic E-state index is 0.0185. The summed E-state index contributed by atoms with van der Waals surface area (Å²) in [6.45, 7) is 1.04. The number of carbonyl (C=O) groups is 2. The maximum Gasteiger partial charge on any atom is 0.248 e. The number of Topliss-reactive ketones (excluding diaryl/α,β-unsaturated/α-hetero) is 1. The Hall–Kier alpha value is -4.53. The number of benzene rings is 3. The molecule has 2 heterocycles. The molecule has 8 nitrogen and oxygen atoms in total. The Balaban J connectivity index is 1.36. The van der Waals surface area contributed by atoms with Crippen LogP contribution in [-0.4, -0.2) is 44.7 Å². The number of aromatic nitrogens is 3. The molecule has 1 amide bonds. The number of nitrogens with zero attached hydrogens (tertiary/aromatic N) is 2. The first-order valence-corrected chi connectivity index (χ1v) is 12.5. The molecule has 0 spiro atoms. The summed E-state index contributed by atoms with van der Waals surface area (Å²) in [5.74, 6) is -0.470. The third kappa shape index (κ3) is 5.41. The van der Waals surface area contributed by atoms with E-state index in [1.807, 2.05) is 66.9 Å². The number of hydrogen-bond donors (Lipinski definition) is 4. The second-order valence-corrected chi connectivity index (χ2v) is 9.15. The molecular formula is C30H29N5O3. The molecule has 1 atom stereocenters. The highest BCUT2D eigenvalue weighted by atomic mass is 16.3. The smallest absolute Gasteiger partial charge is 0.248 e. The number of nitrogens with one attached hydrogen (secondary N) is 2. The Morgan fingerprint density at radius 2 is 1.82 bits per heavy atom. The first kappa shape index (κ1) is 25.1. The Bertz CT molecular complexity index is 1550. The molecule has 0 saturated heterocycles. The fourth-order valence-corrected chi connectivity index (χ4v) is 4.61. The van der Waals surface area contributed by atoms with Crippen LogP contribution in [0.4, 0.5) is 0 Å². The van der Waals surface area contributed by atoms with Crippen molar-refractivity contribution < 1.29 is 14.7 Å². The van der Waals surface area contributed by atoms with Crippen molar-refractivity contribution in [2.75, 3.05) is 13.2 Å². The van der Waals surface area contributed by atoms with Crippen molar-refractivity contribution in [1.82, 2.24) is 20.1 Å². The van der Waals surface area contributed by atoms with Crippen LogP contribution in [0.3, 0.4) is 0 Å². The molecular weight excluding hydrogens is 478 g/mol. The van der Waals surface area contributed by atoms with E-state index >= 15 is 0 Å². The van der Waals surface area contributed by atoms with Crippen molar-refractivity contribution in [3.05, 3.63) is 114 Å². The van der Waals surface area contributed by atoms with Crippen LogP contribution < -0.4 is 11.1 Å². The van der Waals surface area contributed by atoms with Gasteiger partial charge in [0.2, 0.25) is 5.91 Å². The second kappa shape index (κ2) is 11.2. The molecule has 0 aliphatic heterocycles. The number of primary amides is 1. The maximum absolute atomic E-state index is 13.8. The standard InChI is InChI=1S/C30H29N5O3/c31-30(38)22-8-6-20(7-9-22)12-13-32-28(21-4-2-1-3-5-21)29(37)26-18-33-27-16-23(10-11-25(26)27)24-17-34-35(19-24)14-15-36/h1-11,16-19,28,32-33,36H,12-15H2,(H2,31,38)/t28-/m1/s1. The van der Waals surface area contributed by atoms with E-state index in [0.29, 0.717) is 30.6 Å². The number of fused-ring (bicyclic) bond motifs is 1. The molecule has 0 radical (unpaired) electrons. The van der Waals surface area contributed by atoms with Crippen molar-refractivity contribution >= 4 is 22.6 Å². The summed E-state index contributed by atoms with van der Waals surface area (Å²) in [4.78, 5) is 28.4. The quantitative estimate of drug-likeness (QED) is 0.202. The largest absolute Gasteiger partial charge is 0.394 e. The average Bonchev–Trinajstić information content (AvgIpc) is 3.59. The van der Waals surface area contributed by atoms with E-state index in [9.17, 15) is 9.59 Å². The number of rotatable bonds is 11. The number of ketones is 1. The maximum atomic E-state index is 13.8. The van der Waals surface area contributed by atoms with Crippen LogP contribution >= 0.6 is 0 Å². The molecule has 0 aliphatic rings. The number of hydrogen-bond acceptors (Lipinski definition) is 5. The number of nitrogens with two attached hydrogens (primary N) is 1. The molecule has 5 aromatic rings. The monoisotopic (exact) mass is 507 g/mol. The van der Waals surface area contributed by atoms with E-state index in [-0.39, 0.29) is 12.4 Å². The van der Waals surface area contributed by atoms with Gasteiger partial charge in [-0.3, -0.25) is 14.3 Å². The summed E-state index contributed by atoms with van der Waals surface area (Å²) in [6.07, 6.45) is 6.12. The van der Waals surface area contributed by atoms with Crippen molar-refractivity contribution in [2.45, 2.75) is 19.0 Å². The van der Waals surface area contributed by atoms with Crippen molar-refractivity contribution in [3.63, 3.8) is 0 Å². The molecule has 38 heavy (non-hydrogen) atoms. The second-order valence-electron chi connectivity index (χ2n) is 9.15. The van der Waals surface area contributed by atoms with Gasteiger partial charge in [0.15, 0.2) is 5.78 Å². The van der Waals surface area contributed by atoms with E-state index in [4.69, 9.17) is 10.8 Å². The highest BCUT2D eigenvalue weighted by Crippen LogP contribution is 2.29. The number of aliphatic hydroxyl groups is 1. The lowest BCUT2D eigenvalue weighted by Crippen LogP contribution is -2.30. The van der Waals surface area contributed by atoms with Gasteiger partial charge in [-0.15, -0.1) is 0 Å². The zero-order valence-corrected chi connectivity index (χ0v) is 20.8. The van der Waals surface area contributed by atoms with Crippen LogP contribution in [0.5, 0.6) is 0 Å². The predicted molar refractivity (Wildman–Crippen MR) is 147 cm³/mol. The van der Waals surface area contributed by atoms with Gasteiger partial charge >= 0.3 is 0 Å². The van der Waals surface area contributed by atoms with Crippen molar-refractivity contribution in [1.29, 1.82) is 0 Å². The molecule has 5 rings (SSSR count). The summed E-state index contributed by atoms with van der Waals surface area (Å²) in [5, 5.41) is 17.7. The van der Waals surface area contributed by atoms with E-state index in [0.717, 1.165) is 33.2 Å². The molecule has 0 saturated carbocycles. The fourth-order valence-electron chi connectivity index (χ4n) is 4.61. The normalized spacial score (nSPS) is 12.0. The first-order chi connectivity index (χ1) is 18.5. The SMILES string of the molecule is NC(=O)c1ccc(CCN[C@@H](C(=O)c2c[nH]c3cc(-c4cnn(CCO)c4)ccc23)c2ccccc2)cc1. The van der Waals surface area contributed by atoms with E-state index in [2.05, 4.69) is 15.4 Å². The van der Waals surface area contributed by atoms with E-state index < -0.39 is 11.9 Å². The fraction of sp³-hybridized carbons (Fsp3) is 0.167. The topological polar surface area (TPSA) is 126 Å². The number of H-pyrrole nitrogens is 1. The zero-order chi connectivity index (χ0) is 26.5. The summed E-state index contributed by atoms with van der Waals surface area (Å²) in [5.41, 5.74) is 11.1. The molecule has 0 bridgehead atoms. The number of amides is 1. The van der Waals surface area contributed by atoms with Gasteiger partial charge in [-0.05, 0) is 41.3 Å². The van der Waals surface area contributed by atoms with E-state index in [1.54, 1.807) is 29.2 Å². The summed E-state index contributed by atoms with van der Waals surface area (Å²) >= 11 is 0. The van der Waals surface area contributed by atoms with Crippen LogP contribution in [0.1, 0.15) is 37.9 Å². The molecule has 0 fully saturated rings. The lowest BCUT2D eigenvalue weighted by atomic mass is 9.96. The number of aliphatic hydroxyl groups excluding tert-OH is 1. The Morgan fingerprint density at radius 1 is 1.03 bits per heavy atom. The molecule has 0 aliphatic carbocycles. The zero-order valence-electron chi connectivity index (χ0n) is 20.8. The third-order valence-electron chi connectivity index (χ3n) is 6.64. The minimum atomic E-state index is -0.517. The highest BCUT2D eigenvalue weighted by Gasteiger charge is 2.24. The summed E-state index contributed by atoms with van der Waals surface area (Å²) < 4.78 is 1.70. The van der Waals surface area contributed by atoms with Gasteiger partial charge in [-0.25, -0.2) is 0 Å². The number of aromatic amines is 1. The van der Waals surface area contributed by atoms with Gasteiger partial charge in [0, 0.05) is 46.5 Å². The lowest BCUT2D eigenvalue weighted by Gasteiger charge is -2.18. The van der Waals surface area contributed by atoms with Gasteiger partial charge in [-0.2, -0.15) is 5.10 Å². The van der Waals surface area contributed by atoms with Crippen molar-refractivity contribution in [3.8, 4) is 11.1 Å². The Morgan fingerprint density at radius 3 is 2.55 bits per heavy atom. The summed E-state index contributed by atoms with van der Waals surface area (Å²) in [6, 6.07) is 22.3. The molecule has 0 unspecified atom stereocenters. The van der Waals surface area contributed by atoms with E-state index in [1.165, 1.54) is 0 Å². The Kier molecular flexibility index (Phi) is 7.44. The molecule has 8 heteroatoms. The van der Waals surface area contributed by atoms with Crippen LogP contribution in [-0.2, 0) is 13.0 Å². The Labute approximate surface area is 220 Å². The van der Waals surface area contributed by atoms with Gasteiger partial charge in [0.1, 0.15) is 0 Å². The van der Waals surface area contributed by atoms with Crippen LogP contribution in [0.25, 0.3) is 22.0 Å². The molecule has 5 N–H and O–H groups in total.